The van der Waals surface area contributed by atoms with E-state index in [1.807, 2.05) is 0 Å². The molecule has 0 aromatic heterocycles. The number of carbonyl (C=O) groups excluding carboxylic acids is 1. The molecule has 2 rings (SSSR count). The molecule has 0 atom stereocenters. The first kappa shape index (κ1) is 16.1. The van der Waals surface area contributed by atoms with Gasteiger partial charge in [0.2, 0.25) is 5.91 Å². The van der Waals surface area contributed by atoms with Gasteiger partial charge in [-0.1, -0.05) is 0 Å². The van der Waals surface area contributed by atoms with Crippen molar-refractivity contribution in [2.24, 2.45) is 0 Å². The number of alkyl halides is 2. The van der Waals surface area contributed by atoms with Gasteiger partial charge in [0, 0.05) is 18.2 Å². The van der Waals surface area contributed by atoms with Gasteiger partial charge >= 0.3 is 0 Å². The monoisotopic (exact) mass is 314 g/mol. The zero-order chi connectivity index (χ0) is 16.1. The first-order valence-corrected chi connectivity index (χ1v) is 6.92. The number of nitro benzene ring substituents is 1. The summed E-state index contributed by atoms with van der Waals surface area (Å²) < 4.78 is 30.2. The summed E-state index contributed by atoms with van der Waals surface area (Å²) in [6, 6.07) is 5.39. The Morgan fingerprint density at radius 1 is 1.36 bits per heavy atom. The van der Waals surface area contributed by atoms with Crippen molar-refractivity contribution in [3.8, 4) is 5.75 Å². The topological polar surface area (TPSA) is 72.7 Å². The van der Waals surface area contributed by atoms with Gasteiger partial charge in [-0.05, 0) is 25.0 Å². The van der Waals surface area contributed by atoms with Crippen LogP contribution in [0.3, 0.4) is 0 Å². The first-order valence-electron chi connectivity index (χ1n) is 6.92. The van der Waals surface area contributed by atoms with Crippen LogP contribution < -0.4 is 4.74 Å². The number of ether oxygens (including phenoxy) is 1. The lowest BCUT2D eigenvalue weighted by atomic mass is 10.3. The zero-order valence-electron chi connectivity index (χ0n) is 11.8. The lowest BCUT2D eigenvalue weighted by Gasteiger charge is -2.21. The number of amides is 1. The quantitative estimate of drug-likeness (QED) is 0.546. The summed E-state index contributed by atoms with van der Waals surface area (Å²) in [6.07, 6.45) is -1.01. The van der Waals surface area contributed by atoms with Crippen molar-refractivity contribution < 1.29 is 23.2 Å². The van der Waals surface area contributed by atoms with Gasteiger partial charge in [0.25, 0.3) is 12.1 Å². The smallest absolute Gasteiger partial charge is 0.269 e. The zero-order valence-corrected chi connectivity index (χ0v) is 11.8. The molecule has 1 aliphatic carbocycles. The van der Waals surface area contributed by atoms with E-state index in [0.29, 0.717) is 5.75 Å². The van der Waals surface area contributed by atoms with E-state index in [2.05, 4.69) is 0 Å². The minimum absolute atomic E-state index is 0.000206. The minimum Gasteiger partial charge on any atom is -0.493 e. The molecule has 1 aliphatic rings. The molecule has 1 amide bonds. The Hall–Kier alpha value is -2.25. The molecule has 120 valence electrons. The Morgan fingerprint density at radius 2 is 2.00 bits per heavy atom. The van der Waals surface area contributed by atoms with E-state index in [1.165, 1.54) is 29.2 Å². The molecule has 0 heterocycles. The lowest BCUT2D eigenvalue weighted by molar-refractivity contribution is -0.384. The van der Waals surface area contributed by atoms with Crippen molar-refractivity contribution in [1.29, 1.82) is 0 Å². The van der Waals surface area contributed by atoms with Gasteiger partial charge in [0.05, 0.1) is 24.5 Å². The van der Waals surface area contributed by atoms with Crippen LogP contribution in [0.1, 0.15) is 19.3 Å². The van der Waals surface area contributed by atoms with E-state index >= 15 is 0 Å². The van der Waals surface area contributed by atoms with Crippen LogP contribution in [0.4, 0.5) is 14.5 Å². The number of nitro groups is 1. The molecule has 8 heteroatoms. The molecule has 1 saturated carbocycles. The molecule has 0 saturated heterocycles. The van der Waals surface area contributed by atoms with Gasteiger partial charge in [-0.2, -0.15) is 0 Å². The fourth-order valence-corrected chi connectivity index (χ4v) is 2.05. The van der Waals surface area contributed by atoms with Crippen molar-refractivity contribution in [2.45, 2.75) is 31.7 Å². The van der Waals surface area contributed by atoms with Crippen LogP contribution in [0, 0.1) is 10.1 Å². The molecular formula is C14H16F2N2O4. The Balaban J connectivity index is 1.79. The Kier molecular flexibility index (Phi) is 5.24. The predicted molar refractivity (Wildman–Crippen MR) is 73.9 cm³/mol. The second-order valence-electron chi connectivity index (χ2n) is 5.02. The van der Waals surface area contributed by atoms with Gasteiger partial charge in [-0.15, -0.1) is 0 Å². The number of non-ortho nitro benzene ring substituents is 1. The first-order chi connectivity index (χ1) is 10.5. The summed E-state index contributed by atoms with van der Waals surface area (Å²) in [4.78, 5) is 23.1. The fourth-order valence-electron chi connectivity index (χ4n) is 2.05. The molecule has 0 spiro atoms. The fraction of sp³-hybridized carbons (Fsp3) is 0.500. The third-order valence-corrected chi connectivity index (χ3v) is 3.27. The molecule has 0 bridgehead atoms. The van der Waals surface area contributed by atoms with Crippen LogP contribution in [0.5, 0.6) is 5.75 Å². The highest BCUT2D eigenvalue weighted by atomic mass is 19.3. The van der Waals surface area contributed by atoms with Gasteiger partial charge < -0.3 is 9.64 Å². The predicted octanol–water partition coefficient (Wildman–Crippen LogP) is 2.62. The maximum atomic E-state index is 12.4. The Labute approximate surface area is 125 Å². The molecule has 0 aliphatic heterocycles. The number of carbonyl (C=O) groups is 1. The summed E-state index contributed by atoms with van der Waals surface area (Å²) >= 11 is 0. The average molecular weight is 314 g/mol. The molecule has 0 N–H and O–H groups in total. The highest BCUT2D eigenvalue weighted by Crippen LogP contribution is 2.28. The second kappa shape index (κ2) is 7.15. The van der Waals surface area contributed by atoms with E-state index in [0.717, 1.165) is 12.8 Å². The van der Waals surface area contributed by atoms with E-state index in [1.54, 1.807) is 0 Å². The third kappa shape index (κ3) is 4.64. The number of rotatable bonds is 8. The Bertz CT molecular complexity index is 532. The van der Waals surface area contributed by atoms with Crippen molar-refractivity contribution >= 4 is 11.6 Å². The molecule has 0 unspecified atom stereocenters. The Morgan fingerprint density at radius 3 is 2.50 bits per heavy atom. The molecule has 22 heavy (non-hydrogen) atoms. The van der Waals surface area contributed by atoms with Crippen LogP contribution in [0.15, 0.2) is 24.3 Å². The van der Waals surface area contributed by atoms with Crippen LogP contribution in [-0.2, 0) is 4.79 Å². The minimum atomic E-state index is -2.54. The maximum Gasteiger partial charge on any atom is 0.269 e. The second-order valence-corrected chi connectivity index (χ2v) is 5.02. The summed E-state index contributed by atoms with van der Waals surface area (Å²) in [5.41, 5.74) is -0.0553. The van der Waals surface area contributed by atoms with E-state index in [4.69, 9.17) is 4.74 Å². The van der Waals surface area contributed by atoms with Crippen molar-refractivity contribution in [3.63, 3.8) is 0 Å². The number of nitrogens with zero attached hydrogens (tertiary/aromatic N) is 2. The van der Waals surface area contributed by atoms with Gasteiger partial charge in [-0.25, -0.2) is 8.78 Å². The van der Waals surface area contributed by atoms with Gasteiger partial charge in [0.15, 0.2) is 0 Å². The van der Waals surface area contributed by atoms with E-state index < -0.39 is 17.9 Å². The molecule has 6 nitrogen and oxygen atoms in total. The number of benzene rings is 1. The van der Waals surface area contributed by atoms with Crippen molar-refractivity contribution in [1.82, 2.24) is 4.90 Å². The third-order valence-electron chi connectivity index (χ3n) is 3.27. The summed E-state index contributed by atoms with van der Waals surface area (Å²) in [7, 11) is 0. The summed E-state index contributed by atoms with van der Waals surface area (Å²) in [5.74, 6) is 0.0370. The highest BCUT2D eigenvalue weighted by Gasteiger charge is 2.33. The number of halogens is 2. The molecule has 1 aromatic rings. The molecule has 1 fully saturated rings. The van der Waals surface area contributed by atoms with Crippen LogP contribution in [0.2, 0.25) is 0 Å². The highest BCUT2D eigenvalue weighted by molar-refractivity contribution is 5.77. The largest absolute Gasteiger partial charge is 0.493 e. The van der Waals surface area contributed by atoms with Crippen molar-refractivity contribution in [3.05, 3.63) is 34.4 Å². The normalized spacial score (nSPS) is 14.0. The van der Waals surface area contributed by atoms with Gasteiger partial charge in [-0.3, -0.25) is 14.9 Å². The summed E-state index contributed by atoms with van der Waals surface area (Å²) in [5, 5.41) is 10.5. The number of hydrogen-bond donors (Lipinski definition) is 0. The standard InChI is InChI=1S/C14H16F2N2O4/c15-13(16)9-17(10-1-2-10)14(19)7-8-22-12-5-3-11(4-6-12)18(20)21/h3-6,10,13H,1-2,7-9H2. The van der Waals surface area contributed by atoms with Crippen LogP contribution in [-0.4, -0.2) is 41.3 Å². The van der Waals surface area contributed by atoms with Crippen LogP contribution >= 0.6 is 0 Å². The number of hydrogen-bond acceptors (Lipinski definition) is 4. The average Bonchev–Trinajstić information content (AvgIpc) is 3.29. The SMILES string of the molecule is O=C(CCOc1ccc([N+](=O)[O-])cc1)N(CC(F)F)C1CC1. The van der Waals surface area contributed by atoms with Crippen LogP contribution in [0.25, 0.3) is 0 Å². The maximum absolute atomic E-state index is 12.4. The molecule has 0 radical (unpaired) electrons. The van der Waals surface area contributed by atoms with E-state index in [9.17, 15) is 23.7 Å². The molecular weight excluding hydrogens is 298 g/mol. The van der Waals surface area contributed by atoms with Crippen molar-refractivity contribution in [2.75, 3.05) is 13.2 Å². The summed E-state index contributed by atoms with van der Waals surface area (Å²) in [6.45, 7) is -0.496. The lowest BCUT2D eigenvalue weighted by Crippen LogP contribution is -2.37. The van der Waals surface area contributed by atoms with E-state index in [-0.39, 0.29) is 30.7 Å². The molecule has 1 aromatic carbocycles. The van der Waals surface area contributed by atoms with Gasteiger partial charge in [0.1, 0.15) is 5.75 Å².